The smallest absolute Gasteiger partial charge is 0.143 e. The molecule has 17 heavy (non-hydrogen) atoms. The second-order valence-corrected chi connectivity index (χ2v) is 4.87. The Labute approximate surface area is 116 Å². The van der Waals surface area contributed by atoms with Crippen LogP contribution in [-0.2, 0) is 6.54 Å². The third-order valence-electron chi connectivity index (χ3n) is 2.82. The molecule has 2 rings (SSSR count). The van der Waals surface area contributed by atoms with Gasteiger partial charge in [0.15, 0.2) is 0 Å². The number of hydrogen-bond donors (Lipinski definition) is 1. The summed E-state index contributed by atoms with van der Waals surface area (Å²) in [5.74, 6) is -0.478. The normalized spacial score (nSPS) is 20.4. The van der Waals surface area contributed by atoms with Gasteiger partial charge in [-0.25, -0.2) is 4.39 Å². The van der Waals surface area contributed by atoms with Gasteiger partial charge in [0.1, 0.15) is 5.82 Å². The van der Waals surface area contributed by atoms with Crippen molar-refractivity contribution in [3.05, 3.63) is 33.6 Å². The van der Waals surface area contributed by atoms with Crippen LogP contribution in [0.4, 0.5) is 4.39 Å². The average molecular weight is 300 g/mol. The summed E-state index contributed by atoms with van der Waals surface area (Å²) in [4.78, 5) is 2.19. The zero-order chi connectivity index (χ0) is 11.7. The zero-order valence-corrected chi connectivity index (χ0v) is 11.5. The van der Waals surface area contributed by atoms with E-state index in [0.717, 1.165) is 25.1 Å². The Morgan fingerprint density at radius 3 is 2.65 bits per heavy atom. The SMILES string of the molecule is Cl.N[C@H]1CCN(Cc2ccc(F)c(Cl)c2Cl)C1. The minimum atomic E-state index is -0.478. The van der Waals surface area contributed by atoms with E-state index in [9.17, 15) is 4.39 Å². The highest BCUT2D eigenvalue weighted by molar-refractivity contribution is 6.42. The molecular weight excluding hydrogens is 285 g/mol. The van der Waals surface area contributed by atoms with E-state index in [-0.39, 0.29) is 23.5 Å². The standard InChI is InChI=1S/C11H13Cl2FN2.ClH/c12-10-7(1-2-9(14)11(10)13)5-16-4-3-8(15)6-16;/h1-2,8H,3-6,15H2;1H/t8-;/m0./s1. The Hall–Kier alpha value is -0.0600. The van der Waals surface area contributed by atoms with Crippen LogP contribution in [0, 0.1) is 5.82 Å². The number of hydrogen-bond acceptors (Lipinski definition) is 2. The van der Waals surface area contributed by atoms with Crippen LogP contribution in [0.3, 0.4) is 0 Å². The minimum Gasteiger partial charge on any atom is -0.326 e. The van der Waals surface area contributed by atoms with Gasteiger partial charge in [-0.1, -0.05) is 29.3 Å². The van der Waals surface area contributed by atoms with Crippen molar-refractivity contribution in [2.75, 3.05) is 13.1 Å². The quantitative estimate of drug-likeness (QED) is 0.850. The predicted octanol–water partition coefficient (Wildman–Crippen LogP) is 3.09. The number of nitrogens with zero attached hydrogens (tertiary/aromatic N) is 1. The lowest BCUT2D eigenvalue weighted by Crippen LogP contribution is -2.26. The fourth-order valence-corrected chi connectivity index (χ4v) is 2.33. The van der Waals surface area contributed by atoms with Crippen LogP contribution in [-0.4, -0.2) is 24.0 Å². The van der Waals surface area contributed by atoms with Crippen molar-refractivity contribution in [3.8, 4) is 0 Å². The lowest BCUT2D eigenvalue weighted by Gasteiger charge is -2.16. The molecule has 0 aromatic heterocycles. The summed E-state index contributed by atoms with van der Waals surface area (Å²) in [5.41, 5.74) is 6.66. The van der Waals surface area contributed by atoms with Gasteiger partial charge in [0.25, 0.3) is 0 Å². The van der Waals surface area contributed by atoms with Crippen molar-refractivity contribution >= 4 is 35.6 Å². The van der Waals surface area contributed by atoms with Crippen molar-refractivity contribution in [3.63, 3.8) is 0 Å². The molecule has 1 aromatic rings. The Morgan fingerprint density at radius 2 is 2.06 bits per heavy atom. The second-order valence-electron chi connectivity index (χ2n) is 4.12. The predicted molar refractivity (Wildman–Crippen MR) is 71.5 cm³/mol. The molecule has 0 spiro atoms. The molecule has 0 amide bonds. The monoisotopic (exact) mass is 298 g/mol. The van der Waals surface area contributed by atoms with Crippen LogP contribution in [0.5, 0.6) is 0 Å². The lowest BCUT2D eigenvalue weighted by molar-refractivity contribution is 0.327. The molecule has 0 radical (unpaired) electrons. The maximum absolute atomic E-state index is 13.1. The van der Waals surface area contributed by atoms with E-state index in [1.54, 1.807) is 6.07 Å². The summed E-state index contributed by atoms with van der Waals surface area (Å²) in [7, 11) is 0. The number of benzene rings is 1. The molecule has 2 nitrogen and oxygen atoms in total. The van der Waals surface area contributed by atoms with Gasteiger partial charge >= 0.3 is 0 Å². The molecule has 0 aliphatic carbocycles. The van der Waals surface area contributed by atoms with Crippen LogP contribution in [0.2, 0.25) is 10.0 Å². The molecule has 0 saturated carbocycles. The Bertz CT molecular complexity index is 401. The highest BCUT2D eigenvalue weighted by atomic mass is 35.5. The molecule has 6 heteroatoms. The highest BCUT2D eigenvalue weighted by Gasteiger charge is 2.20. The first kappa shape index (κ1) is 15.0. The van der Waals surface area contributed by atoms with E-state index in [0.29, 0.717) is 11.6 Å². The Balaban J connectivity index is 0.00000144. The van der Waals surface area contributed by atoms with E-state index in [1.165, 1.54) is 6.07 Å². The van der Waals surface area contributed by atoms with Gasteiger partial charge in [0, 0.05) is 25.7 Å². The van der Waals surface area contributed by atoms with Crippen LogP contribution < -0.4 is 5.73 Å². The van der Waals surface area contributed by atoms with Crippen molar-refractivity contribution in [1.29, 1.82) is 0 Å². The zero-order valence-electron chi connectivity index (χ0n) is 9.13. The molecule has 2 N–H and O–H groups in total. The van der Waals surface area contributed by atoms with Crippen molar-refractivity contribution in [2.45, 2.75) is 19.0 Å². The van der Waals surface area contributed by atoms with Gasteiger partial charge in [-0.15, -0.1) is 12.4 Å². The molecule has 1 heterocycles. The number of likely N-dealkylation sites (tertiary alicyclic amines) is 1. The van der Waals surface area contributed by atoms with E-state index in [4.69, 9.17) is 28.9 Å². The summed E-state index contributed by atoms with van der Waals surface area (Å²) >= 11 is 11.7. The minimum absolute atomic E-state index is 0. The van der Waals surface area contributed by atoms with Crippen LogP contribution in [0.1, 0.15) is 12.0 Å². The first-order valence-corrected chi connectivity index (χ1v) is 5.94. The largest absolute Gasteiger partial charge is 0.326 e. The summed E-state index contributed by atoms with van der Waals surface area (Å²) < 4.78 is 13.1. The van der Waals surface area contributed by atoms with Gasteiger partial charge in [0.2, 0.25) is 0 Å². The van der Waals surface area contributed by atoms with E-state index < -0.39 is 5.82 Å². The molecule has 1 aliphatic heterocycles. The van der Waals surface area contributed by atoms with Crippen molar-refractivity contribution < 1.29 is 4.39 Å². The molecule has 0 unspecified atom stereocenters. The fourth-order valence-electron chi connectivity index (χ4n) is 1.94. The van der Waals surface area contributed by atoms with Gasteiger partial charge in [0.05, 0.1) is 10.0 Å². The number of nitrogens with two attached hydrogens (primary N) is 1. The van der Waals surface area contributed by atoms with Crippen LogP contribution >= 0.6 is 35.6 Å². The molecule has 1 aliphatic rings. The molecular formula is C11H14Cl3FN2. The summed E-state index contributed by atoms with van der Waals surface area (Å²) in [6, 6.07) is 3.25. The topological polar surface area (TPSA) is 29.3 Å². The lowest BCUT2D eigenvalue weighted by atomic mass is 10.2. The van der Waals surface area contributed by atoms with Crippen LogP contribution in [0.15, 0.2) is 12.1 Å². The summed E-state index contributed by atoms with van der Waals surface area (Å²) in [5, 5.41) is 0.310. The molecule has 1 fully saturated rings. The van der Waals surface area contributed by atoms with Gasteiger partial charge in [-0.2, -0.15) is 0 Å². The second kappa shape index (κ2) is 6.21. The van der Waals surface area contributed by atoms with Gasteiger partial charge in [-0.05, 0) is 18.1 Å². The first-order chi connectivity index (χ1) is 7.58. The summed E-state index contributed by atoms with van der Waals surface area (Å²) in [6.45, 7) is 2.48. The Morgan fingerprint density at radius 1 is 1.35 bits per heavy atom. The first-order valence-electron chi connectivity index (χ1n) is 5.18. The average Bonchev–Trinajstić information content (AvgIpc) is 2.65. The third kappa shape index (κ3) is 3.46. The van der Waals surface area contributed by atoms with Crippen LogP contribution in [0.25, 0.3) is 0 Å². The number of halogens is 4. The maximum Gasteiger partial charge on any atom is 0.143 e. The summed E-state index contributed by atoms with van der Waals surface area (Å²) in [6.07, 6.45) is 0.993. The van der Waals surface area contributed by atoms with Crippen molar-refractivity contribution in [1.82, 2.24) is 4.90 Å². The van der Waals surface area contributed by atoms with Crippen molar-refractivity contribution in [2.24, 2.45) is 5.73 Å². The Kier molecular flexibility index (Phi) is 5.48. The van der Waals surface area contributed by atoms with E-state index in [2.05, 4.69) is 4.90 Å². The molecule has 1 aromatic carbocycles. The highest BCUT2D eigenvalue weighted by Crippen LogP contribution is 2.29. The van der Waals surface area contributed by atoms with Gasteiger partial charge in [-0.3, -0.25) is 4.90 Å². The molecule has 96 valence electrons. The number of rotatable bonds is 2. The third-order valence-corrected chi connectivity index (χ3v) is 3.72. The molecule has 1 atom stereocenters. The van der Waals surface area contributed by atoms with Gasteiger partial charge < -0.3 is 5.73 Å². The van der Waals surface area contributed by atoms with E-state index in [1.807, 2.05) is 0 Å². The van der Waals surface area contributed by atoms with E-state index >= 15 is 0 Å². The molecule has 0 bridgehead atoms. The maximum atomic E-state index is 13.1. The fraction of sp³-hybridized carbons (Fsp3) is 0.455. The molecule has 1 saturated heterocycles.